The molecule has 9 unspecified atom stereocenters. The van der Waals surface area contributed by atoms with Crippen LogP contribution in [0.25, 0.3) is 0 Å². The predicted molar refractivity (Wildman–Crippen MR) is 192 cm³/mol. The zero-order chi connectivity index (χ0) is 33.8. The topological polar surface area (TPSA) is 52.3 Å². The van der Waals surface area contributed by atoms with Crippen molar-refractivity contribution >= 4 is 5.97 Å². The number of halogens is 1. The van der Waals surface area contributed by atoms with Crippen LogP contribution in [0.15, 0.2) is 59.3 Å². The van der Waals surface area contributed by atoms with Gasteiger partial charge in [0.1, 0.15) is 6.61 Å². The third-order valence-electron chi connectivity index (χ3n) is 15.9. The molecule has 7 rings (SSSR count). The Morgan fingerprint density at radius 1 is 0.979 bits per heavy atom. The number of rotatable bonds is 5. The van der Waals surface area contributed by atoms with Crippen LogP contribution in [0.2, 0.25) is 0 Å². The average Bonchev–Trinajstić information content (AvgIpc) is 3.43. The molecule has 0 aromatic rings. The molecule has 0 aromatic carbocycles. The maximum absolute atomic E-state index is 12.9. The van der Waals surface area contributed by atoms with Gasteiger partial charge in [-0.25, -0.2) is 0 Å². The number of alkyl halides is 1. The van der Waals surface area contributed by atoms with E-state index in [-0.39, 0.29) is 17.4 Å². The smallest absolute Gasteiger partial charge is 0.309 e. The summed E-state index contributed by atoms with van der Waals surface area (Å²) >= 11 is 0. The van der Waals surface area contributed by atoms with Crippen LogP contribution in [0.3, 0.4) is 0 Å². The van der Waals surface area contributed by atoms with E-state index in [9.17, 15) is 9.18 Å². The number of fused-ring (bicyclic) bond motifs is 7. The first-order chi connectivity index (χ1) is 22.4. The second kappa shape index (κ2) is 13.1. The lowest BCUT2D eigenvalue weighted by Gasteiger charge is -2.71. The minimum Gasteiger partial charge on any atom is -0.461 e. The first-order valence-electron chi connectivity index (χ1n) is 19.1. The van der Waals surface area contributed by atoms with Crippen molar-refractivity contribution in [1.82, 2.24) is 0 Å². The molecule has 0 aliphatic heterocycles. The second-order valence-corrected chi connectivity index (χ2v) is 17.7. The van der Waals surface area contributed by atoms with E-state index in [4.69, 9.17) is 10.5 Å². The Morgan fingerprint density at radius 3 is 2.45 bits per heavy atom. The molecule has 4 fully saturated rings. The van der Waals surface area contributed by atoms with Gasteiger partial charge >= 0.3 is 5.97 Å². The number of hydrogen-bond donors (Lipinski definition) is 1. The van der Waals surface area contributed by atoms with Crippen molar-refractivity contribution in [1.29, 1.82) is 0 Å². The van der Waals surface area contributed by atoms with Gasteiger partial charge in [0.2, 0.25) is 0 Å². The van der Waals surface area contributed by atoms with Crippen LogP contribution in [0, 0.1) is 57.7 Å². The molecule has 0 saturated heterocycles. The molecule has 4 saturated carbocycles. The highest BCUT2D eigenvalue weighted by atomic mass is 19.1. The zero-order valence-corrected chi connectivity index (χ0v) is 30.5. The van der Waals surface area contributed by atoms with Crippen LogP contribution in [0.5, 0.6) is 0 Å². The van der Waals surface area contributed by atoms with Crippen LogP contribution in [0.4, 0.5) is 4.39 Å². The highest BCUT2D eigenvalue weighted by Gasteiger charge is 2.69. The highest BCUT2D eigenvalue weighted by molar-refractivity contribution is 5.73. The van der Waals surface area contributed by atoms with Crippen LogP contribution in [-0.4, -0.2) is 25.3 Å². The lowest BCUT2D eigenvalue weighted by molar-refractivity contribution is -0.213. The number of allylic oxidation sites excluding steroid dienone is 8. The molecule has 7 aliphatic carbocycles. The summed E-state index contributed by atoms with van der Waals surface area (Å²) < 4.78 is 15.3. The van der Waals surface area contributed by atoms with Crippen LogP contribution in [0.1, 0.15) is 125 Å². The number of esters is 1. The van der Waals surface area contributed by atoms with Crippen LogP contribution >= 0.6 is 0 Å². The molecule has 11 atom stereocenters. The molecular weight excluding hydrogens is 581 g/mol. The third kappa shape index (κ3) is 5.59. The molecule has 47 heavy (non-hydrogen) atoms. The van der Waals surface area contributed by atoms with Crippen molar-refractivity contribution in [3.63, 3.8) is 0 Å². The van der Waals surface area contributed by atoms with Crippen molar-refractivity contribution in [2.45, 2.75) is 130 Å². The van der Waals surface area contributed by atoms with Crippen molar-refractivity contribution in [3.05, 3.63) is 59.3 Å². The summed E-state index contributed by atoms with van der Waals surface area (Å²) in [5, 5.41) is 0. The van der Waals surface area contributed by atoms with E-state index in [1.54, 1.807) is 5.57 Å². The predicted octanol–water partition coefficient (Wildman–Crippen LogP) is 10.6. The molecule has 3 nitrogen and oxygen atoms in total. The Morgan fingerprint density at radius 2 is 1.77 bits per heavy atom. The van der Waals surface area contributed by atoms with E-state index in [0.29, 0.717) is 47.8 Å². The van der Waals surface area contributed by atoms with Gasteiger partial charge in [-0.15, -0.1) is 0 Å². The number of hydrogen-bond acceptors (Lipinski definition) is 3. The normalized spacial score (nSPS) is 45.4. The lowest BCUT2D eigenvalue weighted by Crippen LogP contribution is -2.66. The third-order valence-corrected chi connectivity index (χ3v) is 15.9. The van der Waals surface area contributed by atoms with Crippen molar-refractivity contribution < 1.29 is 13.9 Å². The zero-order valence-electron chi connectivity index (χ0n) is 30.5. The molecule has 0 radical (unpaired) electrons. The molecule has 260 valence electrons. The van der Waals surface area contributed by atoms with Gasteiger partial charge in [-0.2, -0.15) is 0 Å². The molecule has 7 aliphatic rings. The molecule has 4 heteroatoms. The summed E-state index contributed by atoms with van der Waals surface area (Å²) in [6.07, 6.45) is 27.9. The maximum atomic E-state index is 12.9. The summed E-state index contributed by atoms with van der Waals surface area (Å²) in [5.74, 6) is 4.08. The SMILES string of the molecule is C=C(C)[C@@H]1CCC2(N)CC[C@]3(C)C(CCC4C5(C)CC=C(C6=CCC(C(=O)OCC7=CC=CCC7)CC6)C(C)C5CCC43C)C12.CF. The standard InChI is InChI=1S/C42H61NO2.CH3F/c1-27(2)32-19-23-42(43)25-24-40(5)35(37(32)42)16-17-36-39(4)21-18-33(28(3)34(39)20-22-41(36,40)6)30-12-14-31(15-13-30)38(44)45-26-29-10-8-7-9-11-29;1-2/h7-8,10,12,18,28,31-32,34-37H,1,9,11,13-17,19-26,43H2,2-6H3;1H3/t28?,31?,32-,34?,35?,36?,37?,39?,40+,41?,42?;/m0./s1. The fourth-order valence-electron chi connectivity index (χ4n) is 13.2. The Hall–Kier alpha value is -1.94. The van der Waals surface area contributed by atoms with Gasteiger partial charge in [0.15, 0.2) is 0 Å². The van der Waals surface area contributed by atoms with Crippen molar-refractivity contribution in [2.75, 3.05) is 13.8 Å². The average molecular weight is 646 g/mol. The maximum Gasteiger partial charge on any atom is 0.309 e. The van der Waals surface area contributed by atoms with E-state index in [2.05, 4.69) is 71.6 Å². The molecule has 0 bridgehead atoms. The number of ether oxygens (including phenoxy) is 1. The van der Waals surface area contributed by atoms with Gasteiger partial charge in [-0.1, -0.05) is 70.2 Å². The molecule has 0 heterocycles. The highest BCUT2D eigenvalue weighted by Crippen LogP contribution is 2.75. The lowest BCUT2D eigenvalue weighted by atomic mass is 9.34. The monoisotopic (exact) mass is 645 g/mol. The first kappa shape index (κ1) is 34.9. The Kier molecular flexibility index (Phi) is 9.71. The Labute approximate surface area is 285 Å². The summed E-state index contributed by atoms with van der Waals surface area (Å²) in [6, 6.07) is 0. The molecule has 0 spiro atoms. The molecular formula is C43H64FNO2. The quantitative estimate of drug-likeness (QED) is 0.239. The fourth-order valence-corrected chi connectivity index (χ4v) is 13.2. The molecule has 2 N–H and O–H groups in total. The minimum atomic E-state index is -0.00331. The summed E-state index contributed by atoms with van der Waals surface area (Å²) in [4.78, 5) is 12.9. The number of carbonyl (C=O) groups is 1. The first-order valence-corrected chi connectivity index (χ1v) is 19.1. The minimum absolute atomic E-state index is 0.00331. The summed E-state index contributed by atoms with van der Waals surface area (Å²) in [7, 11) is 0.500. The summed E-state index contributed by atoms with van der Waals surface area (Å²) in [6.45, 7) is 17.9. The van der Waals surface area contributed by atoms with E-state index in [0.717, 1.165) is 49.9 Å². The van der Waals surface area contributed by atoms with E-state index < -0.39 is 0 Å². The van der Waals surface area contributed by atoms with E-state index in [1.165, 1.54) is 74.5 Å². The molecule has 0 amide bonds. The largest absolute Gasteiger partial charge is 0.461 e. The van der Waals surface area contributed by atoms with Gasteiger partial charge in [0.25, 0.3) is 0 Å². The Balaban J connectivity index is 0.00000190. The fraction of sp³-hybridized carbons (Fsp3) is 0.744. The summed E-state index contributed by atoms with van der Waals surface area (Å²) in [5.41, 5.74) is 14.2. The number of nitrogens with two attached hydrogens (primary N) is 1. The van der Waals surface area contributed by atoms with Gasteiger partial charge in [0, 0.05) is 5.54 Å². The van der Waals surface area contributed by atoms with Gasteiger partial charge < -0.3 is 10.5 Å². The van der Waals surface area contributed by atoms with Gasteiger partial charge in [-0.05, 0) is 165 Å². The van der Waals surface area contributed by atoms with E-state index in [1.807, 2.05) is 0 Å². The van der Waals surface area contributed by atoms with Crippen LogP contribution < -0.4 is 5.73 Å². The van der Waals surface area contributed by atoms with Crippen LogP contribution in [-0.2, 0) is 9.53 Å². The van der Waals surface area contributed by atoms with Gasteiger partial charge in [0.05, 0.1) is 13.1 Å². The van der Waals surface area contributed by atoms with E-state index >= 15 is 0 Å². The Bertz CT molecular complexity index is 1360. The second-order valence-electron chi connectivity index (χ2n) is 17.7. The number of carbonyl (C=O) groups excluding carboxylic acids is 1. The van der Waals surface area contributed by atoms with Crippen molar-refractivity contribution in [2.24, 2.45) is 63.4 Å². The molecule has 0 aromatic heterocycles. The van der Waals surface area contributed by atoms with Gasteiger partial charge in [-0.3, -0.25) is 9.18 Å². The van der Waals surface area contributed by atoms with Crippen molar-refractivity contribution in [3.8, 4) is 0 Å².